The molecule has 2 rings (SSSR count). The summed E-state index contributed by atoms with van der Waals surface area (Å²) >= 11 is 0. The summed E-state index contributed by atoms with van der Waals surface area (Å²) in [5.41, 5.74) is 1.48. The van der Waals surface area contributed by atoms with Crippen molar-refractivity contribution in [3.05, 3.63) is 52.7 Å². The molecule has 0 unspecified atom stereocenters. The Kier molecular flexibility index (Phi) is 1.25. The lowest BCUT2D eigenvalue weighted by molar-refractivity contribution is -0.660. The maximum Gasteiger partial charge on any atom is 0.212 e. The Morgan fingerprint density at radius 1 is 1.00 bits per heavy atom. The molecule has 88 valence electrons. The second-order valence-corrected chi connectivity index (χ2v) is 4.13. The highest BCUT2D eigenvalue weighted by Gasteiger charge is 2.13. The normalized spacial score (nSPS) is 20.7. The predicted molar refractivity (Wildman–Crippen MR) is 72.0 cm³/mol. The molecule has 0 saturated carbocycles. The number of aromatic nitrogens is 1. The number of hydrogen-bond acceptors (Lipinski definition) is 0. The van der Waals surface area contributed by atoms with Gasteiger partial charge in [-0.25, -0.2) is 4.57 Å². The minimum atomic E-state index is -2.58. The Hall–Kier alpha value is -1.63. The zero-order valence-electron chi connectivity index (χ0n) is 18.8. The summed E-state index contributed by atoms with van der Waals surface area (Å²) in [6, 6.07) is 5.81. The zero-order valence-corrected chi connectivity index (χ0v) is 9.83. The van der Waals surface area contributed by atoms with Gasteiger partial charge in [0.2, 0.25) is 5.69 Å². The molecular weight excluding hydrogens is 206 g/mol. The van der Waals surface area contributed by atoms with E-state index in [2.05, 4.69) is 0 Å². The molecule has 2 aromatic rings. The van der Waals surface area contributed by atoms with E-state index in [1.807, 2.05) is 0 Å². The first kappa shape index (κ1) is 4.93. The second kappa shape index (κ2) is 4.33. The van der Waals surface area contributed by atoms with Gasteiger partial charge in [-0.2, -0.15) is 0 Å². The van der Waals surface area contributed by atoms with Crippen LogP contribution >= 0.6 is 0 Å². The van der Waals surface area contributed by atoms with E-state index in [-0.39, 0.29) is 16.7 Å². The Morgan fingerprint density at radius 3 is 2.41 bits per heavy atom. The van der Waals surface area contributed by atoms with Gasteiger partial charge in [0.05, 0.1) is 0 Å². The third kappa shape index (κ3) is 2.23. The largest absolute Gasteiger partial charge is 0.212 e. The van der Waals surface area contributed by atoms with Crippen LogP contribution in [-0.2, 0) is 7.05 Å². The average Bonchev–Trinajstić information content (AvgIpc) is 2.44. The van der Waals surface area contributed by atoms with Crippen LogP contribution in [0.1, 0.15) is 34.6 Å². The molecule has 0 radical (unpaired) electrons. The molecule has 0 spiro atoms. The van der Waals surface area contributed by atoms with E-state index >= 15 is 0 Å². The van der Waals surface area contributed by atoms with Gasteiger partial charge in [-0.1, -0.05) is 6.07 Å². The standard InChI is InChI=1S/C16H20N/c1-11-6-7-16(17(5)10-11)15-9-13(3)12(2)8-14(15)4/h6-10H,1-5H3/q+1/i1D3,2D3,3D3. The van der Waals surface area contributed by atoms with Crippen molar-refractivity contribution < 1.29 is 16.9 Å². The lowest BCUT2D eigenvalue weighted by Gasteiger charge is -2.08. The fourth-order valence-corrected chi connectivity index (χ4v) is 1.87. The van der Waals surface area contributed by atoms with Gasteiger partial charge in [0, 0.05) is 29.5 Å². The summed E-state index contributed by atoms with van der Waals surface area (Å²) in [5.74, 6) is 0. The summed E-state index contributed by atoms with van der Waals surface area (Å²) in [5, 5.41) is 0. The highest BCUT2D eigenvalue weighted by molar-refractivity contribution is 5.63. The SMILES string of the molecule is [2H]C([2H])([2H])c1ccc(-c2cc(C([2H])([2H])[2H])c(C([2H])([2H])[2H])cc2C)[n+](C)c1. The minimum Gasteiger partial charge on any atom is -0.201 e. The van der Waals surface area contributed by atoms with Gasteiger partial charge in [-0.3, -0.25) is 0 Å². The quantitative estimate of drug-likeness (QED) is 0.667. The van der Waals surface area contributed by atoms with Crippen LogP contribution in [0.25, 0.3) is 11.3 Å². The Morgan fingerprint density at radius 2 is 1.76 bits per heavy atom. The summed E-state index contributed by atoms with van der Waals surface area (Å²) < 4.78 is 70.0. The smallest absolute Gasteiger partial charge is 0.201 e. The maximum atomic E-state index is 7.70. The molecule has 0 fully saturated rings. The summed E-state index contributed by atoms with van der Waals surface area (Å²) in [7, 11) is 1.66. The third-order valence-electron chi connectivity index (χ3n) is 2.77. The number of pyridine rings is 1. The van der Waals surface area contributed by atoms with Crippen molar-refractivity contribution in [3.63, 3.8) is 0 Å². The molecule has 0 aliphatic rings. The molecule has 1 heteroatoms. The molecule has 1 aromatic carbocycles. The number of nitrogens with zero attached hydrogens (tertiary/aromatic N) is 1. The summed E-state index contributed by atoms with van der Waals surface area (Å²) in [6.07, 6.45) is 1.47. The van der Waals surface area contributed by atoms with E-state index < -0.39 is 20.6 Å². The van der Waals surface area contributed by atoms with Gasteiger partial charge in [-0.15, -0.1) is 0 Å². The monoisotopic (exact) mass is 235 g/mol. The van der Waals surface area contributed by atoms with Crippen molar-refractivity contribution >= 4 is 0 Å². The van der Waals surface area contributed by atoms with Crippen molar-refractivity contribution in [3.8, 4) is 11.3 Å². The summed E-state index contributed by atoms with van der Waals surface area (Å²) in [6.45, 7) is -5.67. The molecule has 1 heterocycles. The number of rotatable bonds is 1. The van der Waals surface area contributed by atoms with E-state index in [1.54, 1.807) is 24.6 Å². The van der Waals surface area contributed by atoms with Crippen LogP contribution in [0, 0.1) is 27.5 Å². The Labute approximate surface area is 116 Å². The topological polar surface area (TPSA) is 3.88 Å². The molecule has 0 saturated heterocycles. The van der Waals surface area contributed by atoms with Gasteiger partial charge in [-0.05, 0) is 56.3 Å². The molecule has 0 bridgehead atoms. The average molecular weight is 235 g/mol. The van der Waals surface area contributed by atoms with Crippen molar-refractivity contribution in [2.24, 2.45) is 7.05 Å². The molecule has 0 aliphatic heterocycles. The van der Waals surface area contributed by atoms with Crippen LogP contribution in [0.2, 0.25) is 0 Å². The predicted octanol–water partition coefficient (Wildman–Crippen LogP) is 3.41. The van der Waals surface area contributed by atoms with Crippen molar-refractivity contribution in [2.75, 3.05) is 0 Å². The molecule has 0 atom stereocenters. The van der Waals surface area contributed by atoms with Crippen LogP contribution in [0.4, 0.5) is 0 Å². The summed E-state index contributed by atoms with van der Waals surface area (Å²) in [4.78, 5) is 0. The highest BCUT2D eigenvalue weighted by Crippen LogP contribution is 2.23. The van der Waals surface area contributed by atoms with Gasteiger partial charge in [0.25, 0.3) is 0 Å². The number of benzene rings is 1. The Bertz CT molecular complexity index is 829. The van der Waals surface area contributed by atoms with E-state index in [9.17, 15) is 0 Å². The van der Waals surface area contributed by atoms with Crippen LogP contribution in [0.15, 0.2) is 30.5 Å². The first-order chi connectivity index (χ1) is 11.6. The van der Waals surface area contributed by atoms with Gasteiger partial charge < -0.3 is 0 Å². The Balaban J connectivity index is 2.72. The van der Waals surface area contributed by atoms with E-state index in [0.29, 0.717) is 16.8 Å². The molecule has 1 nitrogen and oxygen atoms in total. The van der Waals surface area contributed by atoms with Gasteiger partial charge >= 0.3 is 0 Å². The van der Waals surface area contributed by atoms with Crippen molar-refractivity contribution in [1.82, 2.24) is 0 Å². The van der Waals surface area contributed by atoms with Crippen LogP contribution < -0.4 is 4.57 Å². The molecule has 0 N–H and O–H groups in total. The van der Waals surface area contributed by atoms with Gasteiger partial charge in [0.15, 0.2) is 6.20 Å². The molecular formula is C16H20N+. The van der Waals surface area contributed by atoms with E-state index in [0.717, 1.165) is 0 Å². The number of hydrogen-bond donors (Lipinski definition) is 0. The molecule has 0 aliphatic carbocycles. The molecule has 17 heavy (non-hydrogen) atoms. The number of aryl methyl sites for hydroxylation is 5. The van der Waals surface area contributed by atoms with Crippen LogP contribution in [-0.4, -0.2) is 0 Å². The fraction of sp³-hybridized carbons (Fsp3) is 0.312. The van der Waals surface area contributed by atoms with Gasteiger partial charge in [0.1, 0.15) is 7.05 Å². The lowest BCUT2D eigenvalue weighted by Crippen LogP contribution is -2.31. The highest BCUT2D eigenvalue weighted by atomic mass is 14.9. The van der Waals surface area contributed by atoms with Crippen molar-refractivity contribution in [2.45, 2.75) is 27.5 Å². The first-order valence-electron chi connectivity index (χ1n) is 9.78. The van der Waals surface area contributed by atoms with E-state index in [4.69, 9.17) is 12.3 Å². The second-order valence-electron chi connectivity index (χ2n) is 4.13. The van der Waals surface area contributed by atoms with E-state index in [1.165, 1.54) is 24.4 Å². The maximum absolute atomic E-state index is 7.70. The first-order valence-corrected chi connectivity index (χ1v) is 5.28. The van der Waals surface area contributed by atoms with Crippen molar-refractivity contribution in [1.29, 1.82) is 0 Å². The zero-order chi connectivity index (χ0) is 20.1. The lowest BCUT2D eigenvalue weighted by atomic mass is 9.98. The van der Waals surface area contributed by atoms with Crippen LogP contribution in [0.3, 0.4) is 0 Å². The minimum absolute atomic E-state index is 0.163. The fourth-order valence-electron chi connectivity index (χ4n) is 1.87. The van der Waals surface area contributed by atoms with Crippen LogP contribution in [0.5, 0.6) is 0 Å². The molecule has 1 aromatic heterocycles. The molecule has 0 amide bonds. The third-order valence-corrected chi connectivity index (χ3v) is 2.77.